The topological polar surface area (TPSA) is 156 Å². The number of piperidine rings is 3. The minimum Gasteiger partial charge on any atom is -0.471 e. The van der Waals surface area contributed by atoms with Gasteiger partial charge in [-0.15, -0.1) is 0 Å². The Morgan fingerprint density at radius 2 is 1.54 bits per heavy atom. The van der Waals surface area contributed by atoms with Gasteiger partial charge in [-0.3, -0.25) is 24.8 Å². The van der Waals surface area contributed by atoms with E-state index in [-0.39, 0.29) is 42.6 Å². The number of fused-ring (bicyclic) bond motifs is 2. The number of nitrogens with one attached hydrogen (secondary N) is 2. The van der Waals surface area contributed by atoms with E-state index in [1.165, 1.54) is 4.90 Å². The van der Waals surface area contributed by atoms with Crippen molar-refractivity contribution in [1.29, 1.82) is 0 Å². The predicted octanol–water partition coefficient (Wildman–Crippen LogP) is 4.00. The Kier molecular flexibility index (Phi) is 9.94. The van der Waals surface area contributed by atoms with Crippen molar-refractivity contribution in [2.45, 2.75) is 76.5 Å². The molecule has 59 heavy (non-hydrogen) atoms. The molecule has 1 aromatic carbocycles. The van der Waals surface area contributed by atoms with E-state index in [1.54, 1.807) is 24.7 Å². The molecule has 1 unspecified atom stereocenters. The molecule has 4 aromatic rings. The fourth-order valence-electron chi connectivity index (χ4n) is 9.75. The fourth-order valence-corrected chi connectivity index (χ4v) is 9.75. The number of hydrogen-bond donors (Lipinski definition) is 2. The number of aromatic nitrogens is 5. The molecule has 2 N–H and O–H groups in total. The van der Waals surface area contributed by atoms with Crippen LogP contribution in [0.15, 0.2) is 36.8 Å². The van der Waals surface area contributed by atoms with Crippen LogP contribution in [0.5, 0.6) is 5.88 Å². The number of nitrogens with zero attached hydrogens (tertiary/aromatic N) is 9. The highest BCUT2D eigenvalue weighted by Gasteiger charge is 2.42. The van der Waals surface area contributed by atoms with E-state index in [0.717, 1.165) is 132 Å². The van der Waals surface area contributed by atoms with Gasteiger partial charge in [0.05, 0.1) is 29.6 Å². The van der Waals surface area contributed by atoms with Gasteiger partial charge in [-0.25, -0.2) is 19.3 Å². The molecule has 15 nitrogen and oxygen atoms in total. The lowest BCUT2D eigenvalue weighted by Gasteiger charge is -2.41. The monoisotopic (exact) mass is 805 g/mol. The summed E-state index contributed by atoms with van der Waals surface area (Å²) in [5.74, 6) is 1.25. The van der Waals surface area contributed by atoms with Crippen molar-refractivity contribution in [3.63, 3.8) is 0 Å². The highest BCUT2D eigenvalue weighted by molar-refractivity contribution is 6.05. The van der Waals surface area contributed by atoms with E-state index in [4.69, 9.17) is 4.74 Å². The molecule has 5 fully saturated rings. The molecule has 1 atom stereocenters. The number of H-pyrrole nitrogens is 1. The van der Waals surface area contributed by atoms with Crippen LogP contribution in [0, 0.1) is 17.7 Å². The van der Waals surface area contributed by atoms with Crippen LogP contribution in [0.2, 0.25) is 0 Å². The number of hydrogen-bond acceptors (Lipinski definition) is 12. The van der Waals surface area contributed by atoms with Crippen molar-refractivity contribution in [2.24, 2.45) is 11.8 Å². The number of pyridine rings is 1. The van der Waals surface area contributed by atoms with Crippen molar-refractivity contribution in [3.05, 3.63) is 53.7 Å². The van der Waals surface area contributed by atoms with Crippen LogP contribution in [0.3, 0.4) is 0 Å². The summed E-state index contributed by atoms with van der Waals surface area (Å²) in [5.41, 5.74) is 3.51. The van der Waals surface area contributed by atoms with Gasteiger partial charge < -0.3 is 29.2 Å². The zero-order valence-electron chi connectivity index (χ0n) is 33.7. The Morgan fingerprint density at radius 1 is 0.847 bits per heavy atom. The van der Waals surface area contributed by atoms with Crippen LogP contribution >= 0.6 is 0 Å². The number of rotatable bonds is 10. The molecule has 0 bridgehead atoms. The van der Waals surface area contributed by atoms with Crippen LogP contribution in [0.25, 0.3) is 22.3 Å². The molecule has 10 rings (SSSR count). The smallest absolute Gasteiger partial charge is 0.255 e. The molecule has 8 heterocycles. The second-order valence-electron chi connectivity index (χ2n) is 17.7. The van der Waals surface area contributed by atoms with Gasteiger partial charge in [0.1, 0.15) is 29.5 Å². The molecule has 6 aliphatic rings. The molecule has 5 aliphatic heterocycles. The summed E-state index contributed by atoms with van der Waals surface area (Å²) < 4.78 is 22.1. The average Bonchev–Trinajstić information content (AvgIpc) is 3.66. The Morgan fingerprint density at radius 3 is 2.22 bits per heavy atom. The summed E-state index contributed by atoms with van der Waals surface area (Å²) in [6.45, 7) is 12.2. The Hall–Kier alpha value is -5.22. The van der Waals surface area contributed by atoms with Gasteiger partial charge in [0, 0.05) is 101 Å². The van der Waals surface area contributed by atoms with Gasteiger partial charge in [-0.05, 0) is 75.8 Å². The molecule has 0 spiro atoms. The average molecular weight is 806 g/mol. The molecule has 310 valence electrons. The minimum atomic E-state index is -0.752. The van der Waals surface area contributed by atoms with Gasteiger partial charge in [-0.2, -0.15) is 5.10 Å². The first-order valence-corrected chi connectivity index (χ1v) is 21.4. The summed E-state index contributed by atoms with van der Waals surface area (Å²) in [6.07, 6.45) is 10.2. The van der Waals surface area contributed by atoms with Crippen LogP contribution in [0.4, 0.5) is 15.9 Å². The first-order valence-electron chi connectivity index (χ1n) is 21.4. The minimum absolute atomic E-state index is 0.0482. The van der Waals surface area contributed by atoms with Crippen molar-refractivity contribution < 1.29 is 23.5 Å². The van der Waals surface area contributed by atoms with Gasteiger partial charge in [0.2, 0.25) is 17.7 Å². The standard InChI is InChI=1S/C43H52FN11O4/c1-43(10-11-43)59-38-20-30-33(22-45-38)49-50-40(30)32-21-36(47-26-46-32)54-14-8-28(9-15-54)24-52-18-16-51(17-19-52)23-27-6-12-53(13-7-27)34-3-2-29-31(39(34)44)25-55(42(29)58)35-4-5-37(56)48-41(35)57/h2-3,20-22,26-28,35H,4-19,23-25H2,1H3,(H,49,50)(H,48,56,57). The Bertz CT molecular complexity index is 2260. The number of ether oxygens (including phenoxy) is 1. The molecule has 1 aliphatic carbocycles. The van der Waals surface area contributed by atoms with E-state index in [9.17, 15) is 14.4 Å². The van der Waals surface area contributed by atoms with E-state index >= 15 is 4.39 Å². The highest BCUT2D eigenvalue weighted by atomic mass is 19.1. The molecule has 16 heteroatoms. The lowest BCUT2D eigenvalue weighted by Crippen LogP contribution is -2.52. The Labute approximate surface area is 342 Å². The fraction of sp³-hybridized carbons (Fsp3) is 0.558. The third-order valence-electron chi connectivity index (χ3n) is 13.6. The van der Waals surface area contributed by atoms with Gasteiger partial charge in [0.25, 0.3) is 5.91 Å². The van der Waals surface area contributed by atoms with E-state index in [1.807, 2.05) is 6.07 Å². The second kappa shape index (κ2) is 15.4. The molecule has 4 saturated heterocycles. The van der Waals surface area contributed by atoms with Gasteiger partial charge in [0.15, 0.2) is 5.82 Å². The molecule has 3 amide bonds. The molecule has 1 saturated carbocycles. The van der Waals surface area contributed by atoms with Crippen LogP contribution in [-0.4, -0.2) is 135 Å². The number of piperazine rings is 1. The summed E-state index contributed by atoms with van der Waals surface area (Å²) in [5, 5.41) is 10.9. The lowest BCUT2D eigenvalue weighted by molar-refractivity contribution is -0.136. The number of amides is 3. The van der Waals surface area contributed by atoms with Crippen molar-refractivity contribution >= 4 is 40.1 Å². The second-order valence-corrected chi connectivity index (χ2v) is 17.7. The normalized spacial score (nSPS) is 23.3. The van der Waals surface area contributed by atoms with E-state index in [2.05, 4.69) is 63.1 Å². The number of halogens is 1. The molecule has 3 aromatic heterocycles. The van der Waals surface area contributed by atoms with E-state index in [0.29, 0.717) is 34.5 Å². The highest BCUT2D eigenvalue weighted by Crippen LogP contribution is 2.40. The van der Waals surface area contributed by atoms with Crippen LogP contribution in [-0.2, 0) is 16.1 Å². The maximum atomic E-state index is 16.0. The number of carbonyl (C=O) groups excluding carboxylic acids is 3. The molecular formula is C43H52FN11O4. The lowest BCUT2D eigenvalue weighted by atomic mass is 9.94. The summed E-state index contributed by atoms with van der Waals surface area (Å²) in [6, 6.07) is 6.68. The van der Waals surface area contributed by atoms with Gasteiger partial charge >= 0.3 is 0 Å². The SMILES string of the molecule is CC1(Oc2cc3c(-c4cc(N5CCC(CN6CCN(CC7CCN(c8ccc9c(c8F)CN(C8CCC(=O)NC8=O)C9=O)CC7)CC6)CC5)ncn4)n[nH]c3cn2)CC1. The predicted molar refractivity (Wildman–Crippen MR) is 218 cm³/mol. The first kappa shape index (κ1) is 38.0. The maximum Gasteiger partial charge on any atom is 0.255 e. The number of carbonyl (C=O) groups is 3. The number of imide groups is 1. The van der Waals surface area contributed by atoms with Crippen LogP contribution < -0.4 is 19.9 Å². The molecule has 0 radical (unpaired) electrons. The first-order chi connectivity index (χ1) is 28.7. The van der Waals surface area contributed by atoms with Crippen molar-refractivity contribution in [2.75, 3.05) is 75.2 Å². The number of aromatic amines is 1. The summed E-state index contributed by atoms with van der Waals surface area (Å²) in [4.78, 5) is 62.1. The van der Waals surface area contributed by atoms with Crippen molar-refractivity contribution in [1.82, 2.24) is 45.2 Å². The largest absolute Gasteiger partial charge is 0.471 e. The zero-order chi connectivity index (χ0) is 40.3. The third-order valence-corrected chi connectivity index (χ3v) is 13.6. The van der Waals surface area contributed by atoms with Gasteiger partial charge in [-0.1, -0.05) is 0 Å². The van der Waals surface area contributed by atoms with Crippen LogP contribution in [0.1, 0.15) is 74.2 Å². The van der Waals surface area contributed by atoms with E-state index < -0.39 is 11.9 Å². The maximum absolute atomic E-state index is 16.0. The summed E-state index contributed by atoms with van der Waals surface area (Å²) in [7, 11) is 0. The Balaban J connectivity index is 0.667. The number of benzene rings is 1. The van der Waals surface area contributed by atoms with Crippen molar-refractivity contribution in [3.8, 4) is 17.3 Å². The third kappa shape index (κ3) is 7.72. The summed E-state index contributed by atoms with van der Waals surface area (Å²) >= 11 is 0. The molecular weight excluding hydrogens is 754 g/mol. The zero-order valence-corrected chi connectivity index (χ0v) is 33.7. The quantitative estimate of drug-likeness (QED) is 0.223. The number of anilines is 2.